The lowest BCUT2D eigenvalue weighted by Gasteiger charge is -2.24. The molecule has 2 unspecified atom stereocenters. The van der Waals surface area contributed by atoms with Gasteiger partial charge in [0.25, 0.3) is 0 Å². The van der Waals surface area contributed by atoms with E-state index < -0.39 is 11.2 Å². The largest absolute Gasteiger partial charge is 0.236 e. The van der Waals surface area contributed by atoms with Gasteiger partial charge in [0, 0.05) is 0 Å². The maximum absolute atomic E-state index is 5.82. The van der Waals surface area contributed by atoms with Crippen LogP contribution < -0.4 is 0 Å². The predicted octanol–water partition coefficient (Wildman–Crippen LogP) is 7.00. The van der Waals surface area contributed by atoms with Crippen molar-refractivity contribution in [1.82, 2.24) is 0 Å². The first-order chi connectivity index (χ1) is 17.4. The zero-order valence-electron chi connectivity index (χ0n) is 26.3. The minimum atomic E-state index is -0.428. The van der Waals surface area contributed by atoms with E-state index in [2.05, 4.69) is 0 Å². The lowest BCUT2D eigenvalue weighted by molar-refractivity contribution is -0.418. The van der Waals surface area contributed by atoms with Crippen LogP contribution in [0, 0.1) is 0 Å². The van der Waals surface area contributed by atoms with Crippen LogP contribution in [0.15, 0.2) is 0 Å². The van der Waals surface area contributed by atoms with Gasteiger partial charge in [-0.05, 0) is 122 Å². The molecule has 0 bridgehead atoms. The quantitative estimate of drug-likeness (QED) is 0.0839. The monoisotopic (exact) mass is 554 g/mol. The van der Waals surface area contributed by atoms with Crippen molar-refractivity contribution in [2.75, 3.05) is 26.4 Å². The highest BCUT2D eigenvalue weighted by molar-refractivity contribution is 4.61. The van der Waals surface area contributed by atoms with Gasteiger partial charge in [0.05, 0.1) is 35.6 Å². The lowest BCUT2D eigenvalue weighted by atomic mass is 10.1. The van der Waals surface area contributed by atoms with Crippen molar-refractivity contribution in [1.29, 1.82) is 0 Å². The van der Waals surface area contributed by atoms with Crippen LogP contribution in [0.4, 0.5) is 0 Å². The Morgan fingerprint density at radius 2 is 0.684 bits per heavy atom. The van der Waals surface area contributed by atoms with Crippen molar-refractivity contribution in [2.24, 2.45) is 0 Å². The van der Waals surface area contributed by atoms with Gasteiger partial charge < -0.3 is 0 Å². The number of hydrogen-bond donors (Lipinski definition) is 0. The molecular formula is C28H58O10. The Bertz CT molecular complexity index is 508. The maximum atomic E-state index is 5.82. The molecule has 0 rings (SSSR count). The second kappa shape index (κ2) is 18.9. The molecule has 0 aromatic carbocycles. The Labute approximate surface area is 231 Å². The van der Waals surface area contributed by atoms with E-state index in [1.54, 1.807) is 0 Å². The first-order valence-electron chi connectivity index (χ1n) is 13.9. The van der Waals surface area contributed by atoms with E-state index in [4.69, 9.17) is 48.9 Å². The maximum Gasteiger partial charge on any atom is 0.119 e. The molecule has 0 heterocycles. The molecule has 0 aliphatic carbocycles. The minimum Gasteiger partial charge on any atom is -0.236 e. The number of unbranched alkanes of at least 4 members (excludes halogenated alkanes) is 2. The smallest absolute Gasteiger partial charge is 0.119 e. The van der Waals surface area contributed by atoms with Gasteiger partial charge in [-0.15, -0.1) is 0 Å². The summed E-state index contributed by atoms with van der Waals surface area (Å²) in [6, 6.07) is 0. The van der Waals surface area contributed by atoms with E-state index >= 15 is 0 Å². The fraction of sp³-hybridized carbons (Fsp3) is 1.00. The Hall–Kier alpha value is -0.400. The average molecular weight is 555 g/mol. The fourth-order valence-electron chi connectivity index (χ4n) is 2.55. The summed E-state index contributed by atoms with van der Waals surface area (Å²) in [4.78, 5) is 54.6. The highest BCUT2D eigenvalue weighted by atomic mass is 17.2. The van der Waals surface area contributed by atoms with Crippen LogP contribution in [0.25, 0.3) is 0 Å². The summed E-state index contributed by atoms with van der Waals surface area (Å²) < 4.78 is 0. The van der Waals surface area contributed by atoms with Crippen molar-refractivity contribution < 1.29 is 48.9 Å². The van der Waals surface area contributed by atoms with Crippen molar-refractivity contribution >= 4 is 0 Å². The SMILES string of the molecule is CC(C)(C)OOCCCCC(COOC(C)(C)C)OOC(CCCCOOC(C)(C)C)COOC(C)(C)C. The molecule has 0 spiro atoms. The molecule has 10 heteroatoms. The summed E-state index contributed by atoms with van der Waals surface area (Å²) in [5.41, 5.74) is -1.53. The zero-order chi connectivity index (χ0) is 29.3. The molecule has 0 aromatic rings. The predicted molar refractivity (Wildman–Crippen MR) is 145 cm³/mol. The summed E-state index contributed by atoms with van der Waals surface area (Å²) >= 11 is 0. The van der Waals surface area contributed by atoms with Crippen molar-refractivity contribution in [2.45, 2.75) is 156 Å². The summed E-state index contributed by atoms with van der Waals surface area (Å²) in [7, 11) is 0. The van der Waals surface area contributed by atoms with Gasteiger partial charge in [-0.1, -0.05) is 0 Å². The third-order valence-corrected chi connectivity index (χ3v) is 4.08. The molecular weight excluding hydrogens is 496 g/mol. The molecule has 0 saturated heterocycles. The lowest BCUT2D eigenvalue weighted by Crippen LogP contribution is -2.30. The Kier molecular flexibility index (Phi) is 18.7. The molecule has 0 saturated carbocycles. The van der Waals surface area contributed by atoms with Crippen LogP contribution in [0.2, 0.25) is 0 Å². The molecule has 38 heavy (non-hydrogen) atoms. The summed E-state index contributed by atoms with van der Waals surface area (Å²) in [6.07, 6.45) is 3.98. The van der Waals surface area contributed by atoms with Gasteiger partial charge in [0.15, 0.2) is 0 Å². The third kappa shape index (κ3) is 28.6. The minimum absolute atomic E-state index is 0.223. The summed E-state index contributed by atoms with van der Waals surface area (Å²) in [5, 5.41) is 0. The second-order valence-electron chi connectivity index (χ2n) is 13.4. The molecule has 0 fully saturated rings. The van der Waals surface area contributed by atoms with Gasteiger partial charge >= 0.3 is 0 Å². The summed E-state index contributed by atoms with van der Waals surface area (Å²) in [5.74, 6) is 0. The third-order valence-electron chi connectivity index (χ3n) is 4.08. The van der Waals surface area contributed by atoms with Crippen molar-refractivity contribution in [3.8, 4) is 0 Å². The summed E-state index contributed by atoms with van der Waals surface area (Å²) in [6.45, 7) is 24.6. The van der Waals surface area contributed by atoms with E-state index in [0.717, 1.165) is 25.7 Å². The molecule has 2 atom stereocenters. The van der Waals surface area contributed by atoms with Gasteiger partial charge in [-0.25, -0.2) is 48.9 Å². The van der Waals surface area contributed by atoms with Crippen molar-refractivity contribution in [3.05, 3.63) is 0 Å². The van der Waals surface area contributed by atoms with E-state index in [1.807, 2.05) is 83.1 Å². The highest BCUT2D eigenvalue weighted by Gasteiger charge is 2.21. The van der Waals surface area contributed by atoms with Gasteiger partial charge in [0.1, 0.15) is 25.4 Å². The molecule has 230 valence electrons. The van der Waals surface area contributed by atoms with E-state index in [-0.39, 0.29) is 36.6 Å². The molecule has 0 aliphatic heterocycles. The molecule has 0 aliphatic rings. The van der Waals surface area contributed by atoms with Crippen LogP contribution in [-0.4, -0.2) is 61.0 Å². The molecule has 0 amide bonds. The normalized spacial score (nSPS) is 15.2. The van der Waals surface area contributed by atoms with E-state index in [9.17, 15) is 0 Å². The zero-order valence-corrected chi connectivity index (χ0v) is 26.3. The Morgan fingerprint density at radius 3 is 0.974 bits per heavy atom. The molecule has 0 aromatic heterocycles. The topological polar surface area (TPSA) is 92.3 Å². The van der Waals surface area contributed by atoms with Gasteiger partial charge in [-0.2, -0.15) is 0 Å². The van der Waals surface area contributed by atoms with Crippen LogP contribution in [0.5, 0.6) is 0 Å². The molecule has 0 radical (unpaired) electrons. The van der Waals surface area contributed by atoms with Crippen LogP contribution in [0.1, 0.15) is 122 Å². The number of hydrogen-bond acceptors (Lipinski definition) is 10. The first-order valence-corrected chi connectivity index (χ1v) is 13.9. The standard InChI is InChI=1S/C28H58O10/c1-25(2,3)35-29-19-15-13-17-23(21-31-37-27(7,8)9)33-34-24(22-32-38-28(10,11)12)18-14-16-20-30-36-26(4,5)6/h23-24H,13-22H2,1-12H3. The van der Waals surface area contributed by atoms with E-state index in [1.165, 1.54) is 0 Å². The fourth-order valence-corrected chi connectivity index (χ4v) is 2.55. The van der Waals surface area contributed by atoms with Gasteiger partial charge in [-0.3, -0.25) is 0 Å². The second-order valence-corrected chi connectivity index (χ2v) is 13.4. The van der Waals surface area contributed by atoms with Crippen molar-refractivity contribution in [3.63, 3.8) is 0 Å². The Balaban J connectivity index is 4.75. The highest BCUT2D eigenvalue weighted by Crippen LogP contribution is 2.16. The van der Waals surface area contributed by atoms with Gasteiger partial charge in [0.2, 0.25) is 0 Å². The van der Waals surface area contributed by atoms with Crippen LogP contribution >= 0.6 is 0 Å². The van der Waals surface area contributed by atoms with Crippen LogP contribution in [-0.2, 0) is 48.9 Å². The van der Waals surface area contributed by atoms with Crippen LogP contribution in [0.3, 0.4) is 0 Å². The molecule has 0 N–H and O–H groups in total. The van der Waals surface area contributed by atoms with E-state index in [0.29, 0.717) is 26.1 Å². The number of rotatable bonds is 21. The Morgan fingerprint density at radius 1 is 0.395 bits per heavy atom. The average Bonchev–Trinajstić information content (AvgIpc) is 2.72. The molecule has 10 nitrogen and oxygen atoms in total. The first kappa shape index (κ1) is 37.6.